The van der Waals surface area contributed by atoms with Crippen LogP contribution in [-0.2, 0) is 11.5 Å². The van der Waals surface area contributed by atoms with Gasteiger partial charge in [-0.15, -0.1) is 0 Å². The van der Waals surface area contributed by atoms with Crippen molar-refractivity contribution >= 4 is 0 Å². The second kappa shape index (κ2) is 2.88. The normalized spacial score (nSPS) is 10.3. The van der Waals surface area contributed by atoms with Gasteiger partial charge < -0.3 is 9.30 Å². The Kier molecular flexibility index (Phi) is 2.12. The standard InChI is InChI=1S/C8H13NO/c1-7-4-9(6-10-3)5-8(7)2/h4-5H,6H2,1-3H3. The van der Waals surface area contributed by atoms with Crippen molar-refractivity contribution in [3.05, 3.63) is 23.5 Å². The van der Waals surface area contributed by atoms with Crippen molar-refractivity contribution in [2.75, 3.05) is 7.11 Å². The molecule has 0 aliphatic carbocycles. The van der Waals surface area contributed by atoms with E-state index in [4.69, 9.17) is 4.74 Å². The molecule has 0 spiro atoms. The van der Waals surface area contributed by atoms with E-state index in [1.165, 1.54) is 11.1 Å². The van der Waals surface area contributed by atoms with E-state index in [1.54, 1.807) is 7.11 Å². The van der Waals surface area contributed by atoms with Crippen molar-refractivity contribution < 1.29 is 4.74 Å². The molecule has 0 saturated carbocycles. The van der Waals surface area contributed by atoms with Crippen molar-refractivity contribution in [1.82, 2.24) is 4.57 Å². The average Bonchev–Trinajstić information content (AvgIpc) is 2.14. The molecule has 0 saturated heterocycles. The molecule has 2 heteroatoms. The summed E-state index contributed by atoms with van der Waals surface area (Å²) in [5.41, 5.74) is 2.63. The third-order valence-electron chi connectivity index (χ3n) is 1.62. The Morgan fingerprint density at radius 1 is 1.30 bits per heavy atom. The van der Waals surface area contributed by atoms with Crippen LogP contribution in [0, 0.1) is 13.8 Å². The molecule has 0 bridgehead atoms. The Morgan fingerprint density at radius 2 is 1.80 bits per heavy atom. The lowest BCUT2D eigenvalue weighted by Gasteiger charge is -1.97. The van der Waals surface area contributed by atoms with E-state index in [0.29, 0.717) is 6.73 Å². The molecular formula is C8H13NO. The fourth-order valence-corrected chi connectivity index (χ4v) is 0.962. The molecule has 2 nitrogen and oxygen atoms in total. The third kappa shape index (κ3) is 1.39. The number of hydrogen-bond acceptors (Lipinski definition) is 1. The summed E-state index contributed by atoms with van der Waals surface area (Å²) in [6.07, 6.45) is 4.16. The average molecular weight is 139 g/mol. The Labute approximate surface area is 61.4 Å². The molecule has 56 valence electrons. The highest BCUT2D eigenvalue weighted by Crippen LogP contribution is 2.06. The molecule has 10 heavy (non-hydrogen) atoms. The van der Waals surface area contributed by atoms with Crippen LogP contribution in [0.2, 0.25) is 0 Å². The van der Waals surface area contributed by atoms with Gasteiger partial charge in [-0.25, -0.2) is 0 Å². The molecule has 1 aromatic rings. The van der Waals surface area contributed by atoms with Crippen LogP contribution in [0.5, 0.6) is 0 Å². The summed E-state index contributed by atoms with van der Waals surface area (Å²) in [7, 11) is 1.70. The number of hydrogen-bond donors (Lipinski definition) is 0. The van der Waals surface area contributed by atoms with E-state index in [2.05, 4.69) is 26.2 Å². The molecule has 0 unspecified atom stereocenters. The van der Waals surface area contributed by atoms with Gasteiger partial charge in [0.1, 0.15) is 6.73 Å². The largest absolute Gasteiger partial charge is 0.364 e. The molecule has 1 aromatic heterocycles. The summed E-state index contributed by atoms with van der Waals surface area (Å²) >= 11 is 0. The minimum atomic E-state index is 0.648. The van der Waals surface area contributed by atoms with E-state index in [9.17, 15) is 0 Å². The molecule has 0 fully saturated rings. The Morgan fingerprint density at radius 3 is 2.20 bits per heavy atom. The molecule has 1 heterocycles. The monoisotopic (exact) mass is 139 g/mol. The predicted octanol–water partition coefficient (Wildman–Crippen LogP) is 1.71. The van der Waals surface area contributed by atoms with Gasteiger partial charge in [0.15, 0.2) is 0 Å². The van der Waals surface area contributed by atoms with Gasteiger partial charge >= 0.3 is 0 Å². The van der Waals surface area contributed by atoms with Crippen molar-refractivity contribution in [1.29, 1.82) is 0 Å². The summed E-state index contributed by atoms with van der Waals surface area (Å²) in [6.45, 7) is 4.84. The summed E-state index contributed by atoms with van der Waals surface area (Å²) in [5, 5.41) is 0. The van der Waals surface area contributed by atoms with E-state index < -0.39 is 0 Å². The number of methoxy groups -OCH3 is 1. The minimum Gasteiger partial charge on any atom is -0.364 e. The maximum absolute atomic E-state index is 4.96. The maximum Gasteiger partial charge on any atom is 0.121 e. The Hall–Kier alpha value is -0.760. The topological polar surface area (TPSA) is 14.2 Å². The van der Waals surface area contributed by atoms with E-state index in [0.717, 1.165) is 0 Å². The lowest BCUT2D eigenvalue weighted by Crippen LogP contribution is -1.94. The quantitative estimate of drug-likeness (QED) is 0.608. The van der Waals surface area contributed by atoms with Crippen molar-refractivity contribution in [3.63, 3.8) is 0 Å². The zero-order valence-corrected chi connectivity index (χ0v) is 6.72. The van der Waals surface area contributed by atoms with Crippen LogP contribution in [0.1, 0.15) is 11.1 Å². The van der Waals surface area contributed by atoms with Gasteiger partial charge in [0, 0.05) is 19.5 Å². The second-order valence-electron chi connectivity index (χ2n) is 2.56. The first-order valence-electron chi connectivity index (χ1n) is 3.36. The van der Waals surface area contributed by atoms with Crippen LogP contribution in [0.15, 0.2) is 12.4 Å². The molecule has 1 rings (SSSR count). The van der Waals surface area contributed by atoms with Crippen LogP contribution in [0.4, 0.5) is 0 Å². The second-order valence-corrected chi connectivity index (χ2v) is 2.56. The zero-order valence-electron chi connectivity index (χ0n) is 6.72. The zero-order chi connectivity index (χ0) is 7.56. The summed E-state index contributed by atoms with van der Waals surface area (Å²) in [6, 6.07) is 0. The van der Waals surface area contributed by atoms with E-state index in [1.807, 2.05) is 4.57 Å². The minimum absolute atomic E-state index is 0.648. The Bertz CT molecular complexity index is 196. The van der Waals surface area contributed by atoms with Crippen molar-refractivity contribution in [2.24, 2.45) is 0 Å². The molecule has 0 radical (unpaired) electrons. The van der Waals surface area contributed by atoms with E-state index >= 15 is 0 Å². The molecule has 0 aromatic carbocycles. The van der Waals surface area contributed by atoms with Gasteiger partial charge in [-0.3, -0.25) is 0 Å². The fourth-order valence-electron chi connectivity index (χ4n) is 0.962. The molecule has 0 aliphatic rings. The number of nitrogens with zero attached hydrogens (tertiary/aromatic N) is 1. The molecular weight excluding hydrogens is 126 g/mol. The van der Waals surface area contributed by atoms with Gasteiger partial charge in [0.2, 0.25) is 0 Å². The lowest BCUT2D eigenvalue weighted by atomic mass is 10.2. The van der Waals surface area contributed by atoms with Crippen molar-refractivity contribution in [2.45, 2.75) is 20.6 Å². The van der Waals surface area contributed by atoms with Crippen LogP contribution in [-0.4, -0.2) is 11.7 Å². The van der Waals surface area contributed by atoms with Gasteiger partial charge in [0.05, 0.1) is 0 Å². The number of aromatic nitrogens is 1. The van der Waals surface area contributed by atoms with Crippen LogP contribution in [0.3, 0.4) is 0 Å². The first-order valence-corrected chi connectivity index (χ1v) is 3.36. The number of ether oxygens (including phenoxy) is 1. The van der Waals surface area contributed by atoms with Gasteiger partial charge in [-0.2, -0.15) is 0 Å². The highest BCUT2D eigenvalue weighted by Gasteiger charge is 1.95. The summed E-state index contributed by atoms with van der Waals surface area (Å²) in [4.78, 5) is 0. The molecule has 0 amide bonds. The lowest BCUT2D eigenvalue weighted by molar-refractivity contribution is 0.131. The molecule has 0 atom stereocenters. The van der Waals surface area contributed by atoms with Crippen LogP contribution < -0.4 is 0 Å². The third-order valence-corrected chi connectivity index (χ3v) is 1.62. The first kappa shape index (κ1) is 7.35. The van der Waals surface area contributed by atoms with Crippen LogP contribution in [0.25, 0.3) is 0 Å². The number of rotatable bonds is 2. The highest BCUT2D eigenvalue weighted by atomic mass is 16.5. The highest BCUT2D eigenvalue weighted by molar-refractivity contribution is 5.20. The van der Waals surface area contributed by atoms with Crippen LogP contribution >= 0.6 is 0 Å². The van der Waals surface area contributed by atoms with Gasteiger partial charge in [0.25, 0.3) is 0 Å². The van der Waals surface area contributed by atoms with Gasteiger partial charge in [-0.1, -0.05) is 0 Å². The molecule has 0 aliphatic heterocycles. The van der Waals surface area contributed by atoms with E-state index in [-0.39, 0.29) is 0 Å². The maximum atomic E-state index is 4.96. The smallest absolute Gasteiger partial charge is 0.121 e. The van der Waals surface area contributed by atoms with Crippen molar-refractivity contribution in [3.8, 4) is 0 Å². The summed E-state index contributed by atoms with van der Waals surface area (Å²) < 4.78 is 6.99. The predicted molar refractivity (Wildman–Crippen MR) is 40.9 cm³/mol. The molecule has 0 N–H and O–H groups in total. The number of aryl methyl sites for hydroxylation is 2. The first-order chi connectivity index (χ1) is 4.74. The SMILES string of the molecule is COCn1cc(C)c(C)c1. The summed E-state index contributed by atoms with van der Waals surface area (Å²) in [5.74, 6) is 0. The fraction of sp³-hybridized carbons (Fsp3) is 0.500. The van der Waals surface area contributed by atoms with Gasteiger partial charge in [-0.05, 0) is 25.0 Å². The Balaban J connectivity index is 2.77.